The van der Waals surface area contributed by atoms with E-state index in [2.05, 4.69) is 28.3 Å². The number of halogens is 3. The van der Waals surface area contributed by atoms with Crippen LogP contribution in [0.4, 0.5) is 13.2 Å². The number of aromatic nitrogens is 2. The first-order valence-corrected chi connectivity index (χ1v) is 10.4. The molecule has 9 nitrogen and oxygen atoms in total. The second-order valence-corrected chi connectivity index (χ2v) is 8.79. The molecule has 0 radical (unpaired) electrons. The van der Waals surface area contributed by atoms with Gasteiger partial charge in [0.05, 0.1) is 18.6 Å². The topological polar surface area (TPSA) is 99.0 Å². The maximum Gasteiger partial charge on any atom is 0.490 e. The summed E-state index contributed by atoms with van der Waals surface area (Å²) < 4.78 is 61.5. The van der Waals surface area contributed by atoms with Crippen molar-refractivity contribution in [1.29, 1.82) is 0 Å². The summed E-state index contributed by atoms with van der Waals surface area (Å²) in [5.74, 6) is -2.76. The van der Waals surface area contributed by atoms with Gasteiger partial charge < -0.3 is 14.6 Å². The van der Waals surface area contributed by atoms with Gasteiger partial charge in [0.15, 0.2) is 0 Å². The Morgan fingerprint density at radius 3 is 2.31 bits per heavy atom. The third-order valence-electron chi connectivity index (χ3n) is 4.60. The van der Waals surface area contributed by atoms with Crippen molar-refractivity contribution in [2.24, 2.45) is 0 Å². The Bertz CT molecular complexity index is 763. The van der Waals surface area contributed by atoms with E-state index in [0.717, 1.165) is 31.7 Å². The highest BCUT2D eigenvalue weighted by atomic mass is 32.2. The molecule has 168 valence electrons. The Labute approximate surface area is 168 Å². The molecular weight excluding hydrogens is 415 g/mol. The lowest BCUT2D eigenvalue weighted by Crippen LogP contribution is -2.46. The van der Waals surface area contributed by atoms with Crippen LogP contribution in [-0.2, 0) is 21.5 Å². The lowest BCUT2D eigenvalue weighted by molar-refractivity contribution is -0.192. The number of hydrogen-bond acceptors (Lipinski definition) is 5. The molecule has 13 heteroatoms. The quantitative estimate of drug-likeness (QED) is 0.684. The van der Waals surface area contributed by atoms with Crippen molar-refractivity contribution < 1.29 is 31.5 Å². The molecule has 0 saturated heterocycles. The van der Waals surface area contributed by atoms with Gasteiger partial charge >= 0.3 is 12.1 Å². The number of fused-ring (bicyclic) bond motifs is 1. The van der Waals surface area contributed by atoms with Crippen molar-refractivity contribution in [3.05, 3.63) is 18.2 Å². The molecule has 0 fully saturated rings. The second-order valence-electron chi connectivity index (χ2n) is 6.65. The molecule has 1 unspecified atom stereocenters. The van der Waals surface area contributed by atoms with Crippen LogP contribution in [0.2, 0.25) is 0 Å². The highest BCUT2D eigenvalue weighted by Crippen LogP contribution is 2.26. The van der Waals surface area contributed by atoms with Crippen LogP contribution in [0, 0.1) is 0 Å². The fourth-order valence-electron chi connectivity index (χ4n) is 2.86. The average molecular weight is 443 g/mol. The monoisotopic (exact) mass is 443 g/mol. The van der Waals surface area contributed by atoms with Gasteiger partial charge in [0, 0.05) is 39.4 Å². The molecule has 1 atom stereocenters. The molecule has 1 N–H and O–H groups in total. The van der Waals surface area contributed by atoms with Crippen LogP contribution in [0.25, 0.3) is 0 Å². The minimum absolute atomic E-state index is 0.140. The van der Waals surface area contributed by atoms with Gasteiger partial charge in [0.2, 0.25) is 0 Å². The highest BCUT2D eigenvalue weighted by Gasteiger charge is 2.38. The smallest absolute Gasteiger partial charge is 0.475 e. The lowest BCUT2D eigenvalue weighted by Gasteiger charge is -2.35. The van der Waals surface area contributed by atoms with Gasteiger partial charge in [-0.3, -0.25) is 0 Å². The molecule has 29 heavy (non-hydrogen) atoms. The van der Waals surface area contributed by atoms with E-state index in [1.165, 1.54) is 4.31 Å². The van der Waals surface area contributed by atoms with Crippen LogP contribution in [0.5, 0.6) is 0 Å². The van der Waals surface area contributed by atoms with E-state index in [-0.39, 0.29) is 6.04 Å². The molecular formula is C16H28F3N5O4S. The Balaban J connectivity index is 0.000000516. The summed E-state index contributed by atoms with van der Waals surface area (Å²) in [6.45, 7) is 8.18. The number of nitrogens with zero attached hydrogens (tertiary/aromatic N) is 5. The molecule has 1 aliphatic heterocycles. The second kappa shape index (κ2) is 10.4. The SMILES string of the molecule is CCN(CC)CCC1CN(S(=O)(=O)N(C)C)Cc2cncn21.O=C(O)C(F)(F)F. The van der Waals surface area contributed by atoms with Gasteiger partial charge in [-0.25, -0.2) is 9.78 Å². The maximum atomic E-state index is 12.4. The number of hydrogen-bond donors (Lipinski definition) is 1. The summed E-state index contributed by atoms with van der Waals surface area (Å²) in [5.41, 5.74) is 0.959. The Hall–Kier alpha value is -1.70. The molecule has 0 saturated carbocycles. The summed E-state index contributed by atoms with van der Waals surface area (Å²) in [6, 6.07) is 0.140. The molecule has 0 amide bonds. The van der Waals surface area contributed by atoms with Crippen LogP contribution in [-0.4, -0.2) is 89.0 Å². The van der Waals surface area contributed by atoms with E-state index in [1.807, 2.05) is 6.33 Å². The zero-order valence-corrected chi connectivity index (χ0v) is 17.7. The van der Waals surface area contributed by atoms with Gasteiger partial charge in [-0.05, 0) is 19.5 Å². The molecule has 0 aliphatic carbocycles. The standard InChI is InChI=1S/C14H27N5O2S.C2HF3O2/c1-5-17(6-2)8-7-13-10-18(22(20,21)16(3)4)11-14-9-15-12-19(13)14;3-2(4,5)1(6)7/h9,12-13H,5-8,10-11H2,1-4H3;(H,6,7). The summed E-state index contributed by atoms with van der Waals surface area (Å²) in [4.78, 5) is 15.5. The molecule has 0 aromatic carbocycles. The van der Waals surface area contributed by atoms with E-state index >= 15 is 0 Å². The molecule has 1 aliphatic rings. The van der Waals surface area contributed by atoms with Gasteiger partial charge in [-0.2, -0.15) is 30.2 Å². The molecule has 1 aromatic rings. The van der Waals surface area contributed by atoms with Gasteiger partial charge in [-0.1, -0.05) is 13.8 Å². The predicted octanol–water partition coefficient (Wildman–Crippen LogP) is 1.41. The van der Waals surface area contributed by atoms with Crippen LogP contribution >= 0.6 is 0 Å². The van der Waals surface area contributed by atoms with Crippen molar-refractivity contribution in [1.82, 2.24) is 23.1 Å². The van der Waals surface area contributed by atoms with Crippen molar-refractivity contribution in [3.63, 3.8) is 0 Å². The third kappa shape index (κ3) is 6.94. The minimum atomic E-state index is -5.08. The van der Waals surface area contributed by atoms with Crippen molar-refractivity contribution in [2.75, 3.05) is 40.3 Å². The van der Waals surface area contributed by atoms with E-state index in [4.69, 9.17) is 9.90 Å². The van der Waals surface area contributed by atoms with E-state index in [9.17, 15) is 21.6 Å². The molecule has 1 aromatic heterocycles. The van der Waals surface area contributed by atoms with Crippen molar-refractivity contribution in [2.45, 2.75) is 39.0 Å². The van der Waals surface area contributed by atoms with Gasteiger partial charge in [-0.15, -0.1) is 0 Å². The zero-order valence-electron chi connectivity index (χ0n) is 16.9. The third-order valence-corrected chi connectivity index (χ3v) is 6.45. The summed E-state index contributed by atoms with van der Waals surface area (Å²) in [5, 5.41) is 7.12. The molecule has 0 spiro atoms. The van der Waals surface area contributed by atoms with E-state index in [1.54, 1.807) is 24.6 Å². The first-order valence-electron chi connectivity index (χ1n) is 9.05. The lowest BCUT2D eigenvalue weighted by atomic mass is 10.1. The molecule has 2 rings (SSSR count). The number of carbonyl (C=O) groups is 1. The largest absolute Gasteiger partial charge is 0.490 e. The zero-order chi connectivity index (χ0) is 22.4. The normalized spacial score (nSPS) is 17.8. The van der Waals surface area contributed by atoms with E-state index < -0.39 is 22.4 Å². The number of carboxylic acid groups (broad SMARTS) is 1. The fourth-order valence-corrected chi connectivity index (χ4v) is 3.98. The number of alkyl halides is 3. The summed E-state index contributed by atoms with van der Waals surface area (Å²) in [7, 11) is -0.240. The molecule has 2 heterocycles. The van der Waals surface area contributed by atoms with Crippen LogP contribution < -0.4 is 0 Å². The minimum Gasteiger partial charge on any atom is -0.475 e. The number of carboxylic acids is 1. The first-order chi connectivity index (χ1) is 13.3. The first kappa shape index (κ1) is 25.3. The summed E-state index contributed by atoms with van der Waals surface area (Å²) >= 11 is 0. The van der Waals surface area contributed by atoms with Crippen LogP contribution in [0.15, 0.2) is 12.5 Å². The van der Waals surface area contributed by atoms with Crippen molar-refractivity contribution in [3.8, 4) is 0 Å². The number of aliphatic carboxylic acids is 1. The van der Waals surface area contributed by atoms with Crippen LogP contribution in [0.1, 0.15) is 32.0 Å². The van der Waals surface area contributed by atoms with E-state index in [0.29, 0.717) is 13.1 Å². The highest BCUT2D eigenvalue weighted by molar-refractivity contribution is 7.86. The maximum absolute atomic E-state index is 12.4. The fraction of sp³-hybridized carbons (Fsp3) is 0.750. The Morgan fingerprint density at radius 2 is 1.86 bits per heavy atom. The summed E-state index contributed by atoms with van der Waals surface area (Å²) in [6.07, 6.45) is -0.575. The Morgan fingerprint density at radius 1 is 1.31 bits per heavy atom. The Kier molecular flexibility index (Phi) is 9.06. The van der Waals surface area contributed by atoms with Crippen molar-refractivity contribution >= 4 is 16.2 Å². The molecule has 0 bridgehead atoms. The van der Waals surface area contributed by atoms with Crippen LogP contribution in [0.3, 0.4) is 0 Å². The number of rotatable bonds is 7. The van der Waals surface area contributed by atoms with Gasteiger partial charge in [0.1, 0.15) is 0 Å². The number of imidazole rings is 1. The predicted molar refractivity (Wildman–Crippen MR) is 100 cm³/mol. The average Bonchev–Trinajstić information content (AvgIpc) is 3.10. The van der Waals surface area contributed by atoms with Gasteiger partial charge in [0.25, 0.3) is 10.2 Å².